The van der Waals surface area contributed by atoms with E-state index in [2.05, 4.69) is 6.92 Å². The molecule has 27 heavy (non-hydrogen) atoms. The summed E-state index contributed by atoms with van der Waals surface area (Å²) in [5.74, 6) is 0.0636. The Balaban J connectivity index is 2.14. The van der Waals surface area contributed by atoms with Crippen molar-refractivity contribution in [3.63, 3.8) is 0 Å². The minimum Gasteiger partial charge on any atom is -0.414 e. The lowest BCUT2D eigenvalue weighted by Crippen LogP contribution is -2.64. The van der Waals surface area contributed by atoms with Crippen LogP contribution in [0.15, 0.2) is 18.2 Å². The summed E-state index contributed by atoms with van der Waals surface area (Å²) in [5, 5.41) is 0. The highest BCUT2D eigenvalue weighted by Crippen LogP contribution is 2.23. The zero-order valence-electron chi connectivity index (χ0n) is 17.8. The highest BCUT2D eigenvalue weighted by atomic mass is 16.6. The minimum absolute atomic E-state index is 0.0636. The zero-order valence-corrected chi connectivity index (χ0v) is 17.8. The van der Waals surface area contributed by atoms with Crippen LogP contribution in [0.3, 0.4) is 0 Å². The van der Waals surface area contributed by atoms with Crippen LogP contribution in [0.5, 0.6) is 0 Å². The number of hydrogen-bond acceptors (Lipinski definition) is 3. The van der Waals surface area contributed by atoms with Crippen molar-refractivity contribution in [1.82, 2.24) is 4.90 Å². The van der Waals surface area contributed by atoms with Gasteiger partial charge in [-0.05, 0) is 58.2 Å². The summed E-state index contributed by atoms with van der Waals surface area (Å²) in [4.78, 5) is 27.8. The molecule has 2 rings (SSSR count). The number of ether oxygens (including phenoxy) is 1. The third-order valence-electron chi connectivity index (χ3n) is 5.44. The van der Waals surface area contributed by atoms with E-state index in [0.29, 0.717) is 30.7 Å². The molecule has 1 saturated heterocycles. The van der Waals surface area contributed by atoms with Gasteiger partial charge in [-0.1, -0.05) is 25.5 Å². The number of piperazine rings is 1. The Morgan fingerprint density at radius 3 is 2.33 bits per heavy atom. The molecule has 0 saturated carbocycles. The normalized spacial score (nSPS) is 16.9. The predicted octanol–water partition coefficient (Wildman–Crippen LogP) is 4.31. The molecule has 0 aromatic heterocycles. The Bertz CT molecular complexity index is 683. The Morgan fingerprint density at radius 2 is 1.78 bits per heavy atom. The van der Waals surface area contributed by atoms with Crippen LogP contribution in [0.2, 0.25) is 0 Å². The fourth-order valence-electron chi connectivity index (χ4n) is 3.52. The third-order valence-corrected chi connectivity index (χ3v) is 5.44. The summed E-state index contributed by atoms with van der Waals surface area (Å²) in [5.41, 5.74) is 2.42. The number of rotatable bonds is 4. The summed E-state index contributed by atoms with van der Waals surface area (Å²) < 4.78 is 6.04. The van der Waals surface area contributed by atoms with Crippen LogP contribution >= 0.6 is 0 Å². The lowest BCUT2D eigenvalue weighted by Gasteiger charge is -2.42. The number of carbonyl (C=O) groups is 2. The van der Waals surface area contributed by atoms with Crippen molar-refractivity contribution in [3.8, 4) is 0 Å². The second kappa shape index (κ2) is 8.42. The van der Waals surface area contributed by atoms with E-state index in [9.17, 15) is 9.59 Å². The van der Waals surface area contributed by atoms with Gasteiger partial charge in [0.1, 0.15) is 18.7 Å². The summed E-state index contributed by atoms with van der Waals surface area (Å²) in [6.45, 7) is 15.0. The fourth-order valence-corrected chi connectivity index (χ4v) is 3.52. The maximum atomic E-state index is 13.0. The van der Waals surface area contributed by atoms with Crippen molar-refractivity contribution < 1.29 is 18.8 Å². The van der Waals surface area contributed by atoms with Crippen molar-refractivity contribution in [2.24, 2.45) is 0 Å². The first-order valence-electron chi connectivity index (χ1n) is 10.0. The number of carbonyl (C=O) groups excluding carboxylic acids is 2. The van der Waals surface area contributed by atoms with Gasteiger partial charge in [0, 0.05) is 5.56 Å². The van der Waals surface area contributed by atoms with E-state index in [1.54, 1.807) is 0 Å². The Hall–Kier alpha value is -1.88. The maximum Gasteiger partial charge on any atom is 0.516 e. The summed E-state index contributed by atoms with van der Waals surface area (Å²) in [6.07, 6.45) is 1.85. The molecule has 0 N–H and O–H groups in total. The van der Waals surface area contributed by atoms with Gasteiger partial charge in [-0.25, -0.2) is 4.48 Å². The van der Waals surface area contributed by atoms with Gasteiger partial charge in [0.2, 0.25) is 0 Å². The second-order valence-electron chi connectivity index (χ2n) is 8.69. The molecule has 5 heteroatoms. The Kier molecular flexibility index (Phi) is 6.68. The van der Waals surface area contributed by atoms with Crippen molar-refractivity contribution in [2.75, 3.05) is 32.7 Å². The van der Waals surface area contributed by atoms with E-state index in [0.717, 1.165) is 36.1 Å². The molecule has 150 valence electrons. The van der Waals surface area contributed by atoms with Crippen LogP contribution in [0, 0.1) is 13.8 Å². The Morgan fingerprint density at radius 1 is 1.15 bits per heavy atom. The lowest BCUT2D eigenvalue weighted by atomic mass is 10.0. The molecular formula is C22H35N2O3+. The van der Waals surface area contributed by atoms with Gasteiger partial charge in [-0.2, -0.15) is 4.79 Å². The van der Waals surface area contributed by atoms with Crippen molar-refractivity contribution in [1.29, 1.82) is 0 Å². The molecular weight excluding hydrogens is 340 g/mol. The first kappa shape index (κ1) is 21.4. The standard InChI is InChI=1S/C22H35N2O3/c1-7-8-14-24(21(26)27-22(4,5)6)15-12-23(13-16-24)20(25)19-11-9-10-17(2)18(19)3/h9-11H,7-8,12-16H2,1-6H3/q+1. The summed E-state index contributed by atoms with van der Waals surface area (Å²) in [7, 11) is 0. The van der Waals surface area contributed by atoms with Crippen LogP contribution in [-0.2, 0) is 4.74 Å². The molecule has 0 spiro atoms. The molecule has 1 aliphatic rings. The van der Waals surface area contributed by atoms with E-state index < -0.39 is 5.60 Å². The van der Waals surface area contributed by atoms with E-state index in [-0.39, 0.29) is 12.0 Å². The van der Waals surface area contributed by atoms with E-state index in [1.807, 2.05) is 57.7 Å². The molecule has 0 aliphatic carbocycles. The lowest BCUT2D eigenvalue weighted by molar-refractivity contribution is -0.863. The number of hydrogen-bond donors (Lipinski definition) is 0. The van der Waals surface area contributed by atoms with Crippen LogP contribution in [0.25, 0.3) is 0 Å². The van der Waals surface area contributed by atoms with Gasteiger partial charge in [0.25, 0.3) is 5.91 Å². The second-order valence-corrected chi connectivity index (χ2v) is 8.69. The first-order chi connectivity index (χ1) is 12.6. The van der Waals surface area contributed by atoms with Crippen molar-refractivity contribution in [3.05, 3.63) is 34.9 Å². The molecule has 5 nitrogen and oxygen atoms in total. The number of nitrogens with zero attached hydrogens (tertiary/aromatic N) is 2. The summed E-state index contributed by atoms with van der Waals surface area (Å²) >= 11 is 0. The third kappa shape index (κ3) is 5.10. The average molecular weight is 376 g/mol. The number of amides is 2. The molecule has 1 heterocycles. The van der Waals surface area contributed by atoms with Crippen molar-refractivity contribution >= 4 is 12.0 Å². The van der Waals surface area contributed by atoms with Gasteiger partial charge in [-0.3, -0.25) is 4.79 Å². The molecule has 1 aliphatic heterocycles. The molecule has 2 amide bonds. The molecule has 1 aromatic rings. The molecule has 1 fully saturated rings. The van der Waals surface area contributed by atoms with Crippen LogP contribution < -0.4 is 0 Å². The topological polar surface area (TPSA) is 46.6 Å². The van der Waals surface area contributed by atoms with Crippen LogP contribution in [0.1, 0.15) is 62.0 Å². The van der Waals surface area contributed by atoms with E-state index in [1.165, 1.54) is 0 Å². The van der Waals surface area contributed by atoms with E-state index >= 15 is 0 Å². The van der Waals surface area contributed by atoms with E-state index in [4.69, 9.17) is 4.74 Å². The highest BCUT2D eigenvalue weighted by molar-refractivity contribution is 5.96. The smallest absolute Gasteiger partial charge is 0.414 e. The van der Waals surface area contributed by atoms with Crippen LogP contribution in [0.4, 0.5) is 4.79 Å². The fraction of sp³-hybridized carbons (Fsp3) is 0.636. The van der Waals surface area contributed by atoms with Gasteiger partial charge in [-0.15, -0.1) is 0 Å². The van der Waals surface area contributed by atoms with Crippen molar-refractivity contribution in [2.45, 2.75) is 60.0 Å². The van der Waals surface area contributed by atoms with Gasteiger partial charge < -0.3 is 9.64 Å². The van der Waals surface area contributed by atoms with Gasteiger partial charge in [0.15, 0.2) is 0 Å². The molecule has 0 bridgehead atoms. The number of quaternary nitrogens is 1. The first-order valence-corrected chi connectivity index (χ1v) is 10.0. The SMILES string of the molecule is CCCC[N+]1(C(=O)OC(C)(C)C)CCN(C(=O)c2cccc(C)c2C)CC1. The summed E-state index contributed by atoms with van der Waals surface area (Å²) in [6, 6.07) is 5.85. The van der Waals surface area contributed by atoms with Gasteiger partial charge in [0.05, 0.1) is 19.6 Å². The highest BCUT2D eigenvalue weighted by Gasteiger charge is 2.44. The molecule has 0 atom stereocenters. The van der Waals surface area contributed by atoms with Crippen LogP contribution in [-0.4, -0.2) is 59.7 Å². The number of aryl methyl sites for hydroxylation is 1. The zero-order chi connectivity index (χ0) is 20.2. The number of benzene rings is 1. The monoisotopic (exact) mass is 375 g/mol. The van der Waals surface area contributed by atoms with Gasteiger partial charge >= 0.3 is 6.09 Å². The minimum atomic E-state index is -0.500. The molecule has 0 unspecified atom stereocenters. The Labute approximate surface area is 163 Å². The average Bonchev–Trinajstić information content (AvgIpc) is 2.60. The number of unbranched alkanes of at least 4 members (excludes halogenated alkanes) is 1. The maximum absolute atomic E-state index is 13.0. The molecule has 1 aromatic carbocycles. The predicted molar refractivity (Wildman–Crippen MR) is 108 cm³/mol. The quantitative estimate of drug-likeness (QED) is 0.737. The largest absolute Gasteiger partial charge is 0.516 e. The molecule has 0 radical (unpaired) electrons.